The van der Waals surface area contributed by atoms with Gasteiger partial charge in [0.2, 0.25) is 6.79 Å². The minimum absolute atomic E-state index is 0.349. The molecule has 0 saturated carbocycles. The number of nitrogens with one attached hydrogen (secondary N) is 1. The molecule has 0 aliphatic carbocycles. The van der Waals surface area contributed by atoms with E-state index in [1.54, 1.807) is 0 Å². The first-order chi connectivity index (χ1) is 10.3. The monoisotopic (exact) mass is 290 g/mol. The highest BCUT2D eigenvalue weighted by molar-refractivity contribution is 5.44. The third kappa shape index (κ3) is 3.89. The van der Waals surface area contributed by atoms with Crippen molar-refractivity contribution in [3.8, 4) is 11.5 Å². The fraction of sp³-hybridized carbons (Fsp3) is 0.647. The minimum Gasteiger partial charge on any atom is -0.454 e. The summed E-state index contributed by atoms with van der Waals surface area (Å²) in [6.07, 6.45) is 5.10. The molecule has 116 valence electrons. The summed E-state index contributed by atoms with van der Waals surface area (Å²) in [5.74, 6) is 1.74. The van der Waals surface area contributed by atoms with Gasteiger partial charge in [0, 0.05) is 12.6 Å². The van der Waals surface area contributed by atoms with Crippen LogP contribution in [0.2, 0.25) is 0 Å². The Bertz CT molecular complexity index is 464. The van der Waals surface area contributed by atoms with Crippen molar-refractivity contribution in [3.63, 3.8) is 0 Å². The molecule has 1 atom stereocenters. The van der Waals surface area contributed by atoms with Gasteiger partial charge in [-0.05, 0) is 63.0 Å². The smallest absolute Gasteiger partial charge is 0.231 e. The first kappa shape index (κ1) is 14.7. The largest absolute Gasteiger partial charge is 0.454 e. The van der Waals surface area contributed by atoms with E-state index in [2.05, 4.69) is 29.3 Å². The second-order valence-electron chi connectivity index (χ2n) is 6.04. The van der Waals surface area contributed by atoms with Gasteiger partial charge in [-0.25, -0.2) is 0 Å². The van der Waals surface area contributed by atoms with Crippen molar-refractivity contribution in [2.45, 2.75) is 45.2 Å². The van der Waals surface area contributed by atoms with Crippen LogP contribution in [0.15, 0.2) is 18.2 Å². The zero-order chi connectivity index (χ0) is 14.5. The number of fused-ring (bicyclic) bond motifs is 1. The minimum atomic E-state index is 0.349. The maximum atomic E-state index is 5.44. The number of hydrogen-bond acceptors (Lipinski definition) is 4. The van der Waals surface area contributed by atoms with Gasteiger partial charge in [0.15, 0.2) is 11.5 Å². The third-order valence-corrected chi connectivity index (χ3v) is 4.39. The molecule has 1 aromatic rings. The molecule has 0 spiro atoms. The summed E-state index contributed by atoms with van der Waals surface area (Å²) < 4.78 is 10.8. The molecule has 2 heterocycles. The average Bonchev–Trinajstić information content (AvgIpc) is 2.85. The molecule has 2 aliphatic rings. The van der Waals surface area contributed by atoms with Crippen LogP contribution < -0.4 is 14.8 Å². The van der Waals surface area contributed by atoms with Crippen LogP contribution in [0.5, 0.6) is 11.5 Å². The van der Waals surface area contributed by atoms with Crippen molar-refractivity contribution in [1.29, 1.82) is 0 Å². The molecule has 0 amide bonds. The van der Waals surface area contributed by atoms with Crippen molar-refractivity contribution in [2.24, 2.45) is 0 Å². The maximum absolute atomic E-state index is 5.44. The van der Waals surface area contributed by atoms with Crippen molar-refractivity contribution >= 4 is 0 Å². The highest BCUT2D eigenvalue weighted by atomic mass is 16.7. The van der Waals surface area contributed by atoms with Gasteiger partial charge < -0.3 is 19.7 Å². The van der Waals surface area contributed by atoms with E-state index >= 15 is 0 Å². The molecule has 1 fully saturated rings. The molecule has 0 radical (unpaired) electrons. The van der Waals surface area contributed by atoms with Gasteiger partial charge in [0.1, 0.15) is 0 Å². The van der Waals surface area contributed by atoms with E-state index in [1.807, 2.05) is 6.07 Å². The van der Waals surface area contributed by atoms with E-state index < -0.39 is 0 Å². The van der Waals surface area contributed by atoms with Gasteiger partial charge in [-0.15, -0.1) is 0 Å². The standard InChI is InChI=1S/C17H26N2O2/c1-2-8-19-9-3-4-15(7-10-19)18-12-14-5-6-16-17(11-14)21-13-20-16/h5-6,11,15,18H,2-4,7-10,12-13H2,1H3. The predicted molar refractivity (Wildman–Crippen MR) is 83.8 cm³/mol. The fourth-order valence-corrected chi connectivity index (χ4v) is 3.21. The molecule has 1 aromatic carbocycles. The Kier molecular flexibility index (Phi) is 4.99. The Labute approximate surface area is 127 Å². The zero-order valence-electron chi connectivity index (χ0n) is 12.9. The zero-order valence-corrected chi connectivity index (χ0v) is 12.9. The van der Waals surface area contributed by atoms with Gasteiger partial charge in [-0.2, -0.15) is 0 Å². The third-order valence-electron chi connectivity index (χ3n) is 4.39. The van der Waals surface area contributed by atoms with Crippen LogP contribution in [0, 0.1) is 0 Å². The number of ether oxygens (including phenoxy) is 2. The number of nitrogens with zero attached hydrogens (tertiary/aromatic N) is 1. The second kappa shape index (κ2) is 7.14. The summed E-state index contributed by atoms with van der Waals surface area (Å²) in [4.78, 5) is 2.60. The van der Waals surface area contributed by atoms with E-state index in [9.17, 15) is 0 Å². The van der Waals surface area contributed by atoms with Crippen molar-refractivity contribution in [3.05, 3.63) is 23.8 Å². The molecular weight excluding hydrogens is 264 g/mol. The Morgan fingerprint density at radius 1 is 1.19 bits per heavy atom. The summed E-state index contributed by atoms with van der Waals surface area (Å²) in [7, 11) is 0. The first-order valence-electron chi connectivity index (χ1n) is 8.19. The Morgan fingerprint density at radius 3 is 3.00 bits per heavy atom. The first-order valence-corrected chi connectivity index (χ1v) is 8.19. The van der Waals surface area contributed by atoms with Crippen LogP contribution >= 0.6 is 0 Å². The fourth-order valence-electron chi connectivity index (χ4n) is 3.21. The normalized spacial score (nSPS) is 22.2. The molecule has 1 N–H and O–H groups in total. The van der Waals surface area contributed by atoms with Crippen LogP contribution in [0.25, 0.3) is 0 Å². The van der Waals surface area contributed by atoms with Crippen LogP contribution in [0.4, 0.5) is 0 Å². The van der Waals surface area contributed by atoms with E-state index in [1.165, 1.54) is 50.9 Å². The molecule has 4 nitrogen and oxygen atoms in total. The van der Waals surface area contributed by atoms with Gasteiger partial charge in [0.05, 0.1) is 0 Å². The molecule has 2 aliphatic heterocycles. The number of rotatable bonds is 5. The summed E-state index contributed by atoms with van der Waals surface area (Å²) in [6.45, 7) is 7.26. The highest BCUT2D eigenvalue weighted by Gasteiger charge is 2.17. The maximum Gasteiger partial charge on any atom is 0.231 e. The van der Waals surface area contributed by atoms with Crippen molar-refractivity contribution in [1.82, 2.24) is 10.2 Å². The number of benzene rings is 1. The lowest BCUT2D eigenvalue weighted by molar-refractivity contribution is 0.174. The topological polar surface area (TPSA) is 33.7 Å². The lowest BCUT2D eigenvalue weighted by Gasteiger charge is -2.19. The molecule has 4 heteroatoms. The number of hydrogen-bond donors (Lipinski definition) is 1. The molecule has 0 aromatic heterocycles. The quantitative estimate of drug-likeness (QED) is 0.904. The van der Waals surface area contributed by atoms with E-state index in [-0.39, 0.29) is 0 Å². The van der Waals surface area contributed by atoms with Crippen molar-refractivity contribution < 1.29 is 9.47 Å². The average molecular weight is 290 g/mol. The van der Waals surface area contributed by atoms with Crippen LogP contribution in [0.3, 0.4) is 0 Å². The predicted octanol–water partition coefficient (Wildman–Crippen LogP) is 2.77. The van der Waals surface area contributed by atoms with Crippen LogP contribution in [-0.2, 0) is 6.54 Å². The molecule has 21 heavy (non-hydrogen) atoms. The molecular formula is C17H26N2O2. The molecule has 1 unspecified atom stereocenters. The van der Waals surface area contributed by atoms with E-state index in [0.717, 1.165) is 18.0 Å². The Hall–Kier alpha value is -1.26. The van der Waals surface area contributed by atoms with Crippen molar-refractivity contribution in [2.75, 3.05) is 26.4 Å². The summed E-state index contributed by atoms with van der Waals surface area (Å²) >= 11 is 0. The Morgan fingerprint density at radius 2 is 2.10 bits per heavy atom. The van der Waals surface area contributed by atoms with Gasteiger partial charge in [0.25, 0.3) is 0 Å². The lowest BCUT2D eigenvalue weighted by atomic mass is 10.1. The molecule has 0 bridgehead atoms. The van der Waals surface area contributed by atoms with Crippen LogP contribution in [0.1, 0.15) is 38.2 Å². The second-order valence-corrected chi connectivity index (χ2v) is 6.04. The van der Waals surface area contributed by atoms with E-state index in [0.29, 0.717) is 12.8 Å². The highest BCUT2D eigenvalue weighted by Crippen LogP contribution is 2.32. The molecule has 3 rings (SSSR count). The lowest BCUT2D eigenvalue weighted by Crippen LogP contribution is -2.30. The van der Waals surface area contributed by atoms with Gasteiger partial charge in [-0.3, -0.25) is 0 Å². The van der Waals surface area contributed by atoms with Crippen LogP contribution in [-0.4, -0.2) is 37.4 Å². The van der Waals surface area contributed by atoms with Gasteiger partial charge >= 0.3 is 0 Å². The SMILES string of the molecule is CCCN1CCCC(NCc2ccc3c(c2)OCO3)CC1. The summed E-state index contributed by atoms with van der Waals surface area (Å²) in [6, 6.07) is 6.86. The number of likely N-dealkylation sites (tertiary alicyclic amines) is 1. The molecule has 1 saturated heterocycles. The van der Waals surface area contributed by atoms with Gasteiger partial charge in [-0.1, -0.05) is 13.0 Å². The van der Waals surface area contributed by atoms with E-state index in [4.69, 9.17) is 9.47 Å². The summed E-state index contributed by atoms with van der Waals surface area (Å²) in [5.41, 5.74) is 1.27. The Balaban J connectivity index is 1.48. The summed E-state index contributed by atoms with van der Waals surface area (Å²) in [5, 5.41) is 3.71.